The van der Waals surface area contributed by atoms with Gasteiger partial charge in [-0.05, 0) is 40.6 Å². The van der Waals surface area contributed by atoms with E-state index in [-0.39, 0.29) is 29.8 Å². The molecule has 1 aliphatic rings. The first-order valence-corrected chi connectivity index (χ1v) is 6.97. The Hall–Kier alpha value is -2.02. The van der Waals surface area contributed by atoms with Crippen molar-refractivity contribution in [1.29, 1.82) is 0 Å². The van der Waals surface area contributed by atoms with Gasteiger partial charge in [0.15, 0.2) is 11.5 Å². The maximum atomic E-state index is 12.0. The molecule has 0 aliphatic carbocycles. The summed E-state index contributed by atoms with van der Waals surface area (Å²) in [5.74, 6) is -0.212. The van der Waals surface area contributed by atoms with E-state index in [0.29, 0.717) is 21.3 Å². The number of carbonyl (C=O) groups is 2. The highest BCUT2D eigenvalue weighted by Crippen LogP contribution is 2.38. The molecule has 0 bridgehead atoms. The number of phenols is 1. The van der Waals surface area contributed by atoms with Gasteiger partial charge in [0.25, 0.3) is 5.91 Å². The fraction of sp³-hybridized carbons (Fsp3) is 0.286. The number of phenolic OH excluding ortho intramolecular Hbond substituents is 1. The number of benzene rings is 1. The minimum absolute atomic E-state index is 0.0320. The van der Waals surface area contributed by atoms with Crippen molar-refractivity contribution in [3.8, 4) is 11.5 Å². The fourth-order valence-corrected chi connectivity index (χ4v) is 2.55. The molecule has 1 heterocycles. The van der Waals surface area contributed by atoms with Crippen LogP contribution >= 0.6 is 15.9 Å². The van der Waals surface area contributed by atoms with Crippen LogP contribution < -0.4 is 10.1 Å². The second kappa shape index (κ2) is 5.77. The molecule has 0 saturated carbocycles. The normalized spacial score (nSPS) is 17.1. The van der Waals surface area contributed by atoms with Gasteiger partial charge in [-0.15, -0.1) is 0 Å². The molecule has 0 aromatic heterocycles. The van der Waals surface area contributed by atoms with Gasteiger partial charge in [-0.2, -0.15) is 0 Å². The molecule has 0 spiro atoms. The quantitative estimate of drug-likeness (QED) is 0.787. The Morgan fingerprint density at radius 2 is 2.14 bits per heavy atom. The molecule has 2 rings (SSSR count). The maximum absolute atomic E-state index is 12.0. The predicted octanol–water partition coefficient (Wildman–Crippen LogP) is 1.40. The second-order valence-corrected chi connectivity index (χ2v) is 5.52. The Morgan fingerprint density at radius 3 is 2.76 bits per heavy atom. The van der Waals surface area contributed by atoms with Crippen molar-refractivity contribution in [2.75, 3.05) is 20.7 Å². The molecule has 1 aromatic rings. The summed E-state index contributed by atoms with van der Waals surface area (Å²) in [6.07, 6.45) is 1.52. The zero-order chi connectivity index (χ0) is 15.7. The largest absolute Gasteiger partial charge is 0.504 e. The van der Waals surface area contributed by atoms with E-state index in [2.05, 4.69) is 21.2 Å². The van der Waals surface area contributed by atoms with Crippen LogP contribution in [-0.2, 0) is 9.59 Å². The number of halogens is 1. The number of carbonyl (C=O) groups excluding carboxylic acids is 2. The molecule has 1 fully saturated rings. The molecule has 1 aromatic carbocycles. The average molecular weight is 355 g/mol. The van der Waals surface area contributed by atoms with E-state index >= 15 is 0 Å². The number of likely N-dealkylation sites (N-methyl/N-ethyl adjacent to an activating group) is 1. The number of hydrogen-bond acceptors (Lipinski definition) is 4. The first-order chi connectivity index (χ1) is 9.85. The molecule has 7 heteroatoms. The van der Waals surface area contributed by atoms with Crippen molar-refractivity contribution < 1.29 is 19.4 Å². The number of rotatable bonds is 2. The zero-order valence-electron chi connectivity index (χ0n) is 11.9. The van der Waals surface area contributed by atoms with E-state index in [1.165, 1.54) is 24.2 Å². The number of nitrogens with one attached hydrogen (secondary N) is 1. The molecule has 1 aliphatic heterocycles. The minimum Gasteiger partial charge on any atom is -0.504 e. The summed E-state index contributed by atoms with van der Waals surface area (Å²) in [6.45, 7) is 1.81. The summed E-state index contributed by atoms with van der Waals surface area (Å²) < 4.78 is 5.79. The third kappa shape index (κ3) is 2.87. The van der Waals surface area contributed by atoms with Crippen LogP contribution in [0.15, 0.2) is 16.2 Å². The zero-order valence-corrected chi connectivity index (χ0v) is 13.4. The molecule has 2 N–H and O–H groups in total. The average Bonchev–Trinajstić information content (AvgIpc) is 2.41. The van der Waals surface area contributed by atoms with Crippen LogP contribution in [0.2, 0.25) is 0 Å². The van der Waals surface area contributed by atoms with Gasteiger partial charge in [-0.1, -0.05) is 0 Å². The van der Waals surface area contributed by atoms with E-state index in [0.717, 1.165) is 0 Å². The van der Waals surface area contributed by atoms with E-state index in [4.69, 9.17) is 4.74 Å². The molecular formula is C14H15BrN2O4. The van der Waals surface area contributed by atoms with Crippen LogP contribution in [-0.4, -0.2) is 42.5 Å². The van der Waals surface area contributed by atoms with Gasteiger partial charge in [0.1, 0.15) is 5.70 Å². The van der Waals surface area contributed by atoms with Gasteiger partial charge in [-0.25, -0.2) is 0 Å². The first kappa shape index (κ1) is 15.4. The van der Waals surface area contributed by atoms with E-state index < -0.39 is 0 Å². The standard InChI is InChI=1S/C14H15BrN2O4/c1-7-12(15)8(5-10(18)13(7)21-3)4-9-14(20)17(2)6-11(19)16-9/h4-5,18H,6H2,1-3H3,(H,16,19)/b9-4-. The van der Waals surface area contributed by atoms with Crippen molar-refractivity contribution in [1.82, 2.24) is 10.2 Å². The van der Waals surface area contributed by atoms with Gasteiger partial charge in [0, 0.05) is 17.1 Å². The number of ether oxygens (including phenoxy) is 1. The summed E-state index contributed by atoms with van der Waals surface area (Å²) in [6, 6.07) is 1.47. The molecule has 0 atom stereocenters. The third-order valence-electron chi connectivity index (χ3n) is 3.18. The van der Waals surface area contributed by atoms with Gasteiger partial charge in [-0.3, -0.25) is 9.59 Å². The monoisotopic (exact) mass is 354 g/mol. The topological polar surface area (TPSA) is 78.9 Å². The molecule has 2 amide bonds. The highest BCUT2D eigenvalue weighted by atomic mass is 79.9. The Labute approximate surface area is 130 Å². The smallest absolute Gasteiger partial charge is 0.270 e. The van der Waals surface area contributed by atoms with E-state index in [9.17, 15) is 14.7 Å². The Bertz CT molecular complexity index is 655. The number of piperazine rings is 1. The summed E-state index contributed by atoms with van der Waals surface area (Å²) in [5, 5.41) is 12.5. The molecule has 0 radical (unpaired) electrons. The number of methoxy groups -OCH3 is 1. The maximum Gasteiger partial charge on any atom is 0.270 e. The predicted molar refractivity (Wildman–Crippen MR) is 80.9 cm³/mol. The van der Waals surface area contributed by atoms with Crippen molar-refractivity contribution in [2.45, 2.75) is 6.92 Å². The Kier molecular flexibility index (Phi) is 4.22. The van der Waals surface area contributed by atoms with Crippen LogP contribution in [0.1, 0.15) is 11.1 Å². The molecular weight excluding hydrogens is 340 g/mol. The molecule has 0 unspecified atom stereocenters. The van der Waals surface area contributed by atoms with Gasteiger partial charge in [0.05, 0.1) is 13.7 Å². The lowest BCUT2D eigenvalue weighted by Crippen LogP contribution is -2.47. The first-order valence-electron chi connectivity index (χ1n) is 6.18. The Balaban J connectivity index is 2.50. The number of nitrogens with zero attached hydrogens (tertiary/aromatic N) is 1. The number of aromatic hydroxyl groups is 1. The van der Waals surface area contributed by atoms with Gasteiger partial charge in [0.2, 0.25) is 5.91 Å². The number of hydrogen-bond donors (Lipinski definition) is 2. The van der Waals surface area contributed by atoms with Gasteiger partial charge >= 0.3 is 0 Å². The van der Waals surface area contributed by atoms with E-state index in [1.54, 1.807) is 14.0 Å². The summed E-state index contributed by atoms with van der Waals surface area (Å²) in [7, 11) is 3.02. The highest BCUT2D eigenvalue weighted by molar-refractivity contribution is 9.10. The summed E-state index contributed by atoms with van der Waals surface area (Å²) >= 11 is 3.41. The fourth-order valence-electron chi connectivity index (χ4n) is 2.14. The highest BCUT2D eigenvalue weighted by Gasteiger charge is 2.25. The minimum atomic E-state index is -0.283. The SMILES string of the molecule is COc1c(O)cc(/C=C2\NC(=O)CN(C)C2=O)c(Br)c1C. The van der Waals surface area contributed by atoms with Gasteiger partial charge < -0.3 is 20.1 Å². The molecule has 21 heavy (non-hydrogen) atoms. The van der Waals surface area contributed by atoms with Crippen molar-refractivity contribution in [3.05, 3.63) is 27.4 Å². The molecule has 112 valence electrons. The summed E-state index contributed by atoms with van der Waals surface area (Å²) in [4.78, 5) is 24.9. The lowest BCUT2D eigenvalue weighted by atomic mass is 10.1. The lowest BCUT2D eigenvalue weighted by Gasteiger charge is -2.24. The van der Waals surface area contributed by atoms with Crippen molar-refractivity contribution in [3.63, 3.8) is 0 Å². The van der Waals surface area contributed by atoms with Crippen LogP contribution in [0.25, 0.3) is 6.08 Å². The number of amides is 2. The lowest BCUT2D eigenvalue weighted by molar-refractivity contribution is -0.135. The van der Waals surface area contributed by atoms with Crippen LogP contribution in [0.4, 0.5) is 0 Å². The van der Waals surface area contributed by atoms with Crippen LogP contribution in [0, 0.1) is 6.92 Å². The van der Waals surface area contributed by atoms with Crippen LogP contribution in [0.5, 0.6) is 11.5 Å². The summed E-state index contributed by atoms with van der Waals surface area (Å²) in [5.41, 5.74) is 1.44. The van der Waals surface area contributed by atoms with Crippen LogP contribution in [0.3, 0.4) is 0 Å². The third-order valence-corrected chi connectivity index (χ3v) is 4.24. The Morgan fingerprint density at radius 1 is 1.48 bits per heavy atom. The molecule has 1 saturated heterocycles. The second-order valence-electron chi connectivity index (χ2n) is 4.72. The van der Waals surface area contributed by atoms with Crippen molar-refractivity contribution >= 4 is 33.8 Å². The van der Waals surface area contributed by atoms with Crippen molar-refractivity contribution in [2.24, 2.45) is 0 Å². The van der Waals surface area contributed by atoms with E-state index in [1.807, 2.05) is 0 Å². The molecule has 6 nitrogen and oxygen atoms in total.